The van der Waals surface area contributed by atoms with Crippen molar-refractivity contribution in [3.05, 3.63) is 23.7 Å². The third kappa shape index (κ3) is 2.52. The largest absolute Gasteiger partial charge is 0.469 e. The van der Waals surface area contributed by atoms with Gasteiger partial charge in [0, 0.05) is 19.1 Å². The van der Waals surface area contributed by atoms with Crippen molar-refractivity contribution in [1.29, 1.82) is 0 Å². The highest BCUT2D eigenvalue weighted by molar-refractivity contribution is 5.95. The van der Waals surface area contributed by atoms with Gasteiger partial charge in [0.1, 0.15) is 5.76 Å². The zero-order valence-electron chi connectivity index (χ0n) is 10.5. The summed E-state index contributed by atoms with van der Waals surface area (Å²) in [6.45, 7) is 3.56. The van der Waals surface area contributed by atoms with Gasteiger partial charge >= 0.3 is 0 Å². The molecule has 1 unspecified atom stereocenters. The molecule has 0 spiro atoms. The fraction of sp³-hybridized carbons (Fsp3) is 0.615. The Balaban J connectivity index is 2.14. The predicted molar refractivity (Wildman–Crippen MR) is 66.0 cm³/mol. The lowest BCUT2D eigenvalue weighted by molar-refractivity contribution is 0.0613. The van der Waals surface area contributed by atoms with Crippen LogP contribution in [0, 0.1) is 6.92 Å². The van der Waals surface area contributed by atoms with Crippen LogP contribution in [0.25, 0.3) is 0 Å². The molecule has 1 aliphatic heterocycles. The van der Waals surface area contributed by atoms with E-state index in [1.54, 1.807) is 12.3 Å². The molecule has 0 aliphatic carbocycles. The molecular weight excluding hydrogens is 216 g/mol. The number of nitrogens with one attached hydrogen (secondary N) is 1. The Morgan fingerprint density at radius 2 is 2.41 bits per heavy atom. The maximum atomic E-state index is 12.4. The summed E-state index contributed by atoms with van der Waals surface area (Å²) in [5.74, 6) is 0.819. The first-order chi connectivity index (χ1) is 8.24. The Morgan fingerprint density at radius 3 is 3.06 bits per heavy atom. The van der Waals surface area contributed by atoms with Gasteiger partial charge in [0.15, 0.2) is 0 Å². The molecule has 0 radical (unpaired) electrons. The average molecular weight is 236 g/mol. The van der Waals surface area contributed by atoms with E-state index in [0.29, 0.717) is 17.4 Å². The fourth-order valence-electron chi connectivity index (χ4n) is 2.48. The van der Waals surface area contributed by atoms with Crippen molar-refractivity contribution in [2.45, 2.75) is 32.2 Å². The van der Waals surface area contributed by atoms with Crippen molar-refractivity contribution in [1.82, 2.24) is 10.2 Å². The first-order valence-corrected chi connectivity index (χ1v) is 6.23. The SMILES string of the molecule is CNCC1CCCCN1C(=O)c1ccoc1C. The normalized spacial score (nSPS) is 20.6. The monoisotopic (exact) mass is 236 g/mol. The average Bonchev–Trinajstić information content (AvgIpc) is 2.76. The number of amides is 1. The van der Waals surface area contributed by atoms with E-state index >= 15 is 0 Å². The van der Waals surface area contributed by atoms with Crippen molar-refractivity contribution in [2.24, 2.45) is 0 Å². The summed E-state index contributed by atoms with van der Waals surface area (Å²) < 4.78 is 5.21. The van der Waals surface area contributed by atoms with Crippen molar-refractivity contribution < 1.29 is 9.21 Å². The number of furan rings is 1. The zero-order chi connectivity index (χ0) is 12.3. The number of piperidine rings is 1. The van der Waals surface area contributed by atoms with Crippen LogP contribution in [0.15, 0.2) is 16.7 Å². The Bertz CT molecular complexity index is 385. The van der Waals surface area contributed by atoms with E-state index in [1.165, 1.54) is 6.42 Å². The van der Waals surface area contributed by atoms with Crippen LogP contribution in [0.1, 0.15) is 35.4 Å². The number of likely N-dealkylation sites (tertiary alicyclic amines) is 1. The Labute approximate surface area is 102 Å². The fourth-order valence-corrected chi connectivity index (χ4v) is 2.48. The van der Waals surface area contributed by atoms with Gasteiger partial charge in [-0.2, -0.15) is 0 Å². The van der Waals surface area contributed by atoms with E-state index in [9.17, 15) is 4.79 Å². The van der Waals surface area contributed by atoms with Gasteiger partial charge in [-0.15, -0.1) is 0 Å². The lowest BCUT2D eigenvalue weighted by Gasteiger charge is -2.35. The first kappa shape index (κ1) is 12.2. The second-order valence-corrected chi connectivity index (χ2v) is 4.60. The highest BCUT2D eigenvalue weighted by Crippen LogP contribution is 2.21. The molecule has 1 saturated heterocycles. The minimum atomic E-state index is 0.108. The highest BCUT2D eigenvalue weighted by Gasteiger charge is 2.28. The number of hydrogen-bond acceptors (Lipinski definition) is 3. The third-order valence-electron chi connectivity index (χ3n) is 3.42. The van der Waals surface area contributed by atoms with Crippen molar-refractivity contribution in [3.63, 3.8) is 0 Å². The van der Waals surface area contributed by atoms with E-state index in [4.69, 9.17) is 4.42 Å². The molecule has 1 aromatic rings. The van der Waals surface area contributed by atoms with E-state index < -0.39 is 0 Å². The standard InChI is InChI=1S/C13H20N2O2/c1-10-12(6-8-17-10)13(16)15-7-4-3-5-11(15)9-14-2/h6,8,11,14H,3-5,7,9H2,1-2H3. The maximum absolute atomic E-state index is 12.4. The summed E-state index contributed by atoms with van der Waals surface area (Å²) >= 11 is 0. The van der Waals surface area contributed by atoms with E-state index in [1.807, 2.05) is 18.9 Å². The molecule has 0 bridgehead atoms. The van der Waals surface area contributed by atoms with E-state index in [-0.39, 0.29) is 5.91 Å². The summed E-state index contributed by atoms with van der Waals surface area (Å²) in [5.41, 5.74) is 0.702. The predicted octanol–water partition coefficient (Wildman–Crippen LogP) is 1.80. The minimum absolute atomic E-state index is 0.108. The quantitative estimate of drug-likeness (QED) is 0.870. The number of carbonyl (C=O) groups is 1. The molecular formula is C13H20N2O2. The van der Waals surface area contributed by atoms with Crippen LogP contribution in [-0.4, -0.2) is 37.0 Å². The number of rotatable bonds is 3. The van der Waals surface area contributed by atoms with Gasteiger partial charge in [0.25, 0.3) is 5.91 Å². The lowest BCUT2D eigenvalue weighted by Crippen LogP contribution is -2.48. The van der Waals surface area contributed by atoms with Crippen LogP contribution >= 0.6 is 0 Å². The highest BCUT2D eigenvalue weighted by atomic mass is 16.3. The number of likely N-dealkylation sites (N-methyl/N-ethyl adjacent to an activating group) is 1. The number of aryl methyl sites for hydroxylation is 1. The summed E-state index contributed by atoms with van der Waals surface area (Å²) in [4.78, 5) is 14.4. The van der Waals surface area contributed by atoms with Crippen molar-refractivity contribution in [3.8, 4) is 0 Å². The molecule has 17 heavy (non-hydrogen) atoms. The molecule has 94 valence electrons. The maximum Gasteiger partial charge on any atom is 0.257 e. The summed E-state index contributed by atoms with van der Waals surface area (Å²) in [6.07, 6.45) is 4.98. The molecule has 1 atom stereocenters. The van der Waals surface area contributed by atoms with Crippen molar-refractivity contribution in [2.75, 3.05) is 20.1 Å². The van der Waals surface area contributed by atoms with Crippen LogP contribution in [-0.2, 0) is 0 Å². The van der Waals surface area contributed by atoms with Gasteiger partial charge in [-0.05, 0) is 39.3 Å². The van der Waals surface area contributed by atoms with Gasteiger partial charge in [0.2, 0.25) is 0 Å². The molecule has 1 N–H and O–H groups in total. The summed E-state index contributed by atoms with van der Waals surface area (Å²) in [6, 6.07) is 2.08. The third-order valence-corrected chi connectivity index (χ3v) is 3.42. The van der Waals surface area contributed by atoms with Gasteiger partial charge in [-0.3, -0.25) is 4.79 Å². The van der Waals surface area contributed by atoms with Crippen LogP contribution < -0.4 is 5.32 Å². The second-order valence-electron chi connectivity index (χ2n) is 4.60. The minimum Gasteiger partial charge on any atom is -0.469 e. The summed E-state index contributed by atoms with van der Waals surface area (Å²) in [7, 11) is 1.93. The molecule has 2 heterocycles. The van der Waals surface area contributed by atoms with E-state index in [0.717, 1.165) is 25.9 Å². The molecule has 0 aromatic carbocycles. The summed E-state index contributed by atoms with van der Waals surface area (Å²) in [5, 5.41) is 3.16. The van der Waals surface area contributed by atoms with Gasteiger partial charge in [-0.25, -0.2) is 0 Å². The second kappa shape index (κ2) is 5.36. The number of nitrogens with zero attached hydrogens (tertiary/aromatic N) is 1. The molecule has 0 saturated carbocycles. The topological polar surface area (TPSA) is 45.5 Å². The first-order valence-electron chi connectivity index (χ1n) is 6.23. The van der Waals surface area contributed by atoms with Crippen LogP contribution in [0.4, 0.5) is 0 Å². The van der Waals surface area contributed by atoms with Crippen LogP contribution in [0.3, 0.4) is 0 Å². The number of carbonyl (C=O) groups excluding carboxylic acids is 1. The molecule has 1 aromatic heterocycles. The number of hydrogen-bond donors (Lipinski definition) is 1. The molecule has 1 amide bonds. The molecule has 2 rings (SSSR count). The molecule has 4 heteroatoms. The van der Waals surface area contributed by atoms with Crippen LogP contribution in [0.5, 0.6) is 0 Å². The van der Waals surface area contributed by atoms with Crippen LogP contribution in [0.2, 0.25) is 0 Å². The van der Waals surface area contributed by atoms with Crippen molar-refractivity contribution >= 4 is 5.91 Å². The lowest BCUT2D eigenvalue weighted by atomic mass is 10.0. The Hall–Kier alpha value is -1.29. The zero-order valence-corrected chi connectivity index (χ0v) is 10.5. The Morgan fingerprint density at radius 1 is 1.59 bits per heavy atom. The van der Waals surface area contributed by atoms with Gasteiger partial charge in [0.05, 0.1) is 11.8 Å². The smallest absolute Gasteiger partial charge is 0.257 e. The Kier molecular flexibility index (Phi) is 3.84. The molecule has 1 aliphatic rings. The van der Waals surface area contributed by atoms with Gasteiger partial charge < -0.3 is 14.6 Å². The van der Waals surface area contributed by atoms with Gasteiger partial charge in [-0.1, -0.05) is 0 Å². The molecule has 1 fully saturated rings. The molecule has 4 nitrogen and oxygen atoms in total. The van der Waals surface area contributed by atoms with E-state index in [2.05, 4.69) is 5.32 Å².